The van der Waals surface area contributed by atoms with Crippen molar-refractivity contribution in [2.45, 2.75) is 59.4 Å². The average molecular weight is 558 g/mol. The lowest BCUT2D eigenvalue weighted by Gasteiger charge is -2.20. The van der Waals surface area contributed by atoms with Crippen LogP contribution in [-0.4, -0.2) is 33.9 Å². The van der Waals surface area contributed by atoms with Crippen molar-refractivity contribution in [3.05, 3.63) is 76.2 Å². The molecule has 2 aromatic heterocycles. The summed E-state index contributed by atoms with van der Waals surface area (Å²) in [6, 6.07) is 14.3. The molecule has 0 aliphatic heterocycles. The number of benzene rings is 2. The lowest BCUT2D eigenvalue weighted by molar-refractivity contribution is 0.233. The number of ether oxygens (including phenoxy) is 1. The second-order valence-corrected chi connectivity index (χ2v) is 9.89. The fourth-order valence-corrected chi connectivity index (χ4v) is 4.99. The maximum atomic E-state index is 14.1. The van der Waals surface area contributed by atoms with Crippen LogP contribution in [-0.2, 0) is 19.4 Å². The standard InChI is InChI=1S/C32H39N5O4/c1-4-7-15-37-30-26(13-9-14-34-30)27(23-11-8-12-25(20-23)41-17-10-16-38)29(31(37)39)36-32(40)35-28-21(5-2)18-24(33)19-22(28)6-3/h8-9,11-14,18-20,38H,4-7,10,15-17,33H2,1-3H3,(H2,35,36,40). The van der Waals surface area contributed by atoms with Gasteiger partial charge in [-0.25, -0.2) is 9.78 Å². The van der Waals surface area contributed by atoms with E-state index in [1.165, 1.54) is 0 Å². The number of nitrogens with two attached hydrogens (primary N) is 1. The van der Waals surface area contributed by atoms with Crippen molar-refractivity contribution in [1.29, 1.82) is 0 Å². The Labute approximate surface area is 240 Å². The summed E-state index contributed by atoms with van der Waals surface area (Å²) < 4.78 is 7.46. The first-order valence-corrected chi connectivity index (χ1v) is 14.3. The molecule has 9 nitrogen and oxygen atoms in total. The molecule has 4 rings (SSSR count). The van der Waals surface area contributed by atoms with Crippen LogP contribution in [0.2, 0.25) is 0 Å². The van der Waals surface area contributed by atoms with E-state index >= 15 is 0 Å². The number of hydrogen-bond acceptors (Lipinski definition) is 6. The maximum absolute atomic E-state index is 14.1. The third-order valence-electron chi connectivity index (χ3n) is 7.01. The molecule has 2 aromatic carbocycles. The van der Waals surface area contributed by atoms with E-state index in [1.54, 1.807) is 10.8 Å². The summed E-state index contributed by atoms with van der Waals surface area (Å²) in [5.41, 5.74) is 11.0. The van der Waals surface area contributed by atoms with Crippen LogP contribution in [0.15, 0.2) is 59.5 Å². The minimum Gasteiger partial charge on any atom is -0.493 e. The highest BCUT2D eigenvalue weighted by molar-refractivity contribution is 6.07. The molecule has 0 saturated carbocycles. The van der Waals surface area contributed by atoms with Crippen molar-refractivity contribution in [3.8, 4) is 16.9 Å². The smallest absolute Gasteiger partial charge is 0.323 e. The third-order valence-corrected chi connectivity index (χ3v) is 7.01. The predicted molar refractivity (Wildman–Crippen MR) is 166 cm³/mol. The highest BCUT2D eigenvalue weighted by Gasteiger charge is 2.22. The van der Waals surface area contributed by atoms with Crippen molar-refractivity contribution in [2.75, 3.05) is 29.6 Å². The largest absolute Gasteiger partial charge is 0.493 e. The SMILES string of the molecule is CCCCn1c(=O)c(NC(=O)Nc2c(CC)cc(N)cc2CC)c(-c2cccc(OCCCO)c2)c2cccnc21. The molecule has 216 valence electrons. The molecule has 0 unspecified atom stereocenters. The van der Waals surface area contributed by atoms with Gasteiger partial charge in [-0.3, -0.25) is 9.36 Å². The van der Waals surface area contributed by atoms with E-state index in [0.717, 1.165) is 29.4 Å². The molecule has 0 atom stereocenters. The van der Waals surface area contributed by atoms with Crippen LogP contribution in [0.25, 0.3) is 22.2 Å². The third kappa shape index (κ3) is 6.69. The highest BCUT2D eigenvalue weighted by Crippen LogP contribution is 2.35. The Morgan fingerprint density at radius 1 is 1.00 bits per heavy atom. The molecule has 0 aliphatic rings. The Morgan fingerprint density at radius 2 is 1.73 bits per heavy atom. The van der Waals surface area contributed by atoms with Crippen LogP contribution in [0.5, 0.6) is 5.75 Å². The maximum Gasteiger partial charge on any atom is 0.323 e. The summed E-state index contributed by atoms with van der Waals surface area (Å²) >= 11 is 0. The fourth-order valence-electron chi connectivity index (χ4n) is 4.99. The van der Waals surface area contributed by atoms with Gasteiger partial charge in [0.1, 0.15) is 17.1 Å². The number of aryl methyl sites for hydroxylation is 3. The van der Waals surface area contributed by atoms with Gasteiger partial charge in [-0.1, -0.05) is 39.3 Å². The van der Waals surface area contributed by atoms with Gasteiger partial charge in [-0.15, -0.1) is 0 Å². The number of nitrogen functional groups attached to an aromatic ring is 1. The molecule has 41 heavy (non-hydrogen) atoms. The van der Waals surface area contributed by atoms with Crippen LogP contribution in [0.3, 0.4) is 0 Å². The molecule has 2 heterocycles. The van der Waals surface area contributed by atoms with Gasteiger partial charge in [-0.2, -0.15) is 0 Å². The van der Waals surface area contributed by atoms with E-state index in [4.69, 9.17) is 15.6 Å². The zero-order valence-electron chi connectivity index (χ0n) is 24.0. The number of unbranched alkanes of at least 4 members (excludes halogenated alkanes) is 1. The van der Waals surface area contributed by atoms with E-state index in [2.05, 4.69) is 22.5 Å². The molecular weight excluding hydrogens is 518 g/mol. The molecule has 0 aliphatic carbocycles. The van der Waals surface area contributed by atoms with Crippen molar-refractivity contribution in [3.63, 3.8) is 0 Å². The number of carbonyl (C=O) groups excluding carboxylic acids is 1. The van der Waals surface area contributed by atoms with Gasteiger partial charge in [0.25, 0.3) is 5.56 Å². The number of amides is 2. The quantitative estimate of drug-likeness (QED) is 0.125. The van der Waals surface area contributed by atoms with Crippen LogP contribution in [0.4, 0.5) is 21.9 Å². The van der Waals surface area contributed by atoms with Crippen LogP contribution < -0.4 is 26.7 Å². The van der Waals surface area contributed by atoms with E-state index in [1.807, 2.05) is 62.4 Å². The van der Waals surface area contributed by atoms with Gasteiger partial charge in [-0.05, 0) is 72.4 Å². The number of aliphatic hydroxyl groups excluding tert-OH is 1. The molecule has 0 radical (unpaired) electrons. The second-order valence-electron chi connectivity index (χ2n) is 9.89. The summed E-state index contributed by atoms with van der Waals surface area (Å²) in [5.74, 6) is 0.598. The molecule has 0 bridgehead atoms. The Bertz CT molecular complexity index is 1560. The second kappa shape index (κ2) is 13.8. The van der Waals surface area contributed by atoms with E-state index in [9.17, 15) is 9.59 Å². The lowest BCUT2D eigenvalue weighted by atomic mass is 10.00. The number of fused-ring (bicyclic) bond motifs is 1. The predicted octanol–water partition coefficient (Wildman–Crippen LogP) is 5.98. The number of nitrogens with zero attached hydrogens (tertiary/aromatic N) is 2. The first kappa shape index (κ1) is 29.6. The molecule has 0 fully saturated rings. The number of pyridine rings is 2. The van der Waals surface area contributed by atoms with E-state index < -0.39 is 6.03 Å². The van der Waals surface area contributed by atoms with Crippen LogP contribution in [0, 0.1) is 0 Å². The minimum absolute atomic E-state index is 0.0304. The number of aliphatic hydroxyl groups is 1. The van der Waals surface area contributed by atoms with Crippen molar-refractivity contribution < 1.29 is 14.6 Å². The first-order valence-electron chi connectivity index (χ1n) is 14.3. The van der Waals surface area contributed by atoms with Gasteiger partial charge in [0.2, 0.25) is 0 Å². The van der Waals surface area contributed by atoms with E-state index in [0.29, 0.717) is 66.3 Å². The Kier molecular flexibility index (Phi) is 9.97. The van der Waals surface area contributed by atoms with Crippen LogP contribution >= 0.6 is 0 Å². The molecule has 9 heteroatoms. The van der Waals surface area contributed by atoms with E-state index in [-0.39, 0.29) is 17.9 Å². The summed E-state index contributed by atoms with van der Waals surface area (Å²) in [6.07, 6.45) is 5.23. The minimum atomic E-state index is -0.516. The van der Waals surface area contributed by atoms with Gasteiger partial charge < -0.3 is 26.2 Å². The topological polar surface area (TPSA) is 132 Å². The van der Waals surface area contributed by atoms with Crippen molar-refractivity contribution in [2.24, 2.45) is 0 Å². The lowest BCUT2D eigenvalue weighted by Crippen LogP contribution is -2.30. The number of urea groups is 1. The number of nitrogens with one attached hydrogen (secondary N) is 2. The monoisotopic (exact) mass is 557 g/mol. The van der Waals surface area contributed by atoms with Gasteiger partial charge in [0, 0.05) is 48.1 Å². The number of carbonyl (C=O) groups is 1. The summed E-state index contributed by atoms with van der Waals surface area (Å²) in [4.78, 5) is 32.2. The average Bonchev–Trinajstić information content (AvgIpc) is 2.98. The molecular formula is C32H39N5O4. The van der Waals surface area contributed by atoms with Gasteiger partial charge in [0.15, 0.2) is 0 Å². The first-order chi connectivity index (χ1) is 19.9. The summed E-state index contributed by atoms with van der Waals surface area (Å²) in [5, 5.41) is 15.8. The molecule has 0 saturated heterocycles. The number of aromatic nitrogens is 2. The highest BCUT2D eigenvalue weighted by atomic mass is 16.5. The number of anilines is 3. The molecule has 0 spiro atoms. The number of hydrogen-bond donors (Lipinski definition) is 4. The molecule has 2 amide bonds. The number of rotatable bonds is 12. The Balaban J connectivity index is 1.86. The molecule has 4 aromatic rings. The Hall–Kier alpha value is -4.37. The summed E-state index contributed by atoms with van der Waals surface area (Å²) in [7, 11) is 0. The normalized spacial score (nSPS) is 11.0. The summed E-state index contributed by atoms with van der Waals surface area (Å²) in [6.45, 7) is 6.94. The van der Waals surface area contributed by atoms with Crippen LogP contribution in [0.1, 0.15) is 51.2 Å². The van der Waals surface area contributed by atoms with Gasteiger partial charge >= 0.3 is 6.03 Å². The van der Waals surface area contributed by atoms with Crippen molar-refractivity contribution in [1.82, 2.24) is 9.55 Å². The molecule has 5 N–H and O–H groups in total. The van der Waals surface area contributed by atoms with Crippen molar-refractivity contribution >= 4 is 34.1 Å². The zero-order valence-corrected chi connectivity index (χ0v) is 24.0. The zero-order chi connectivity index (χ0) is 29.4. The Morgan fingerprint density at radius 3 is 2.41 bits per heavy atom. The van der Waals surface area contributed by atoms with Gasteiger partial charge in [0.05, 0.1) is 6.61 Å². The fraction of sp³-hybridized carbons (Fsp3) is 0.344.